The second kappa shape index (κ2) is 12.8. The Labute approximate surface area is 254 Å². The van der Waals surface area contributed by atoms with Gasteiger partial charge in [-0.15, -0.1) is 0 Å². The first kappa shape index (κ1) is 33.9. The highest BCUT2D eigenvalue weighted by Crippen LogP contribution is 2.43. The molecule has 1 aliphatic rings. The third kappa shape index (κ3) is 7.45. The molecule has 0 aliphatic carbocycles. The number of nitrogens with zero attached hydrogens (tertiary/aromatic N) is 3. The van der Waals surface area contributed by atoms with Gasteiger partial charge >= 0.3 is 24.3 Å². The van der Waals surface area contributed by atoms with Crippen LogP contribution in [0, 0.1) is 5.41 Å². The van der Waals surface area contributed by atoms with Gasteiger partial charge in [0.1, 0.15) is 29.7 Å². The van der Waals surface area contributed by atoms with Gasteiger partial charge in [-0.2, -0.15) is 31.3 Å². The van der Waals surface area contributed by atoms with E-state index in [9.17, 15) is 41.4 Å². The van der Waals surface area contributed by atoms with Gasteiger partial charge < -0.3 is 34.4 Å². The van der Waals surface area contributed by atoms with E-state index < -0.39 is 64.8 Å². The van der Waals surface area contributed by atoms with Crippen LogP contribution in [0.1, 0.15) is 31.1 Å². The number of aromatic nitrogens is 3. The molecule has 4 aromatic rings. The maximum absolute atomic E-state index is 14.0. The number of halogens is 6. The molecule has 0 spiro atoms. The average molecular weight is 659 g/mol. The van der Waals surface area contributed by atoms with E-state index in [-0.39, 0.29) is 24.5 Å². The van der Waals surface area contributed by atoms with Crippen LogP contribution >= 0.6 is 0 Å². The maximum atomic E-state index is 14.0. The van der Waals surface area contributed by atoms with E-state index in [4.69, 9.17) is 23.7 Å². The topological polar surface area (TPSA) is 181 Å². The van der Waals surface area contributed by atoms with Crippen molar-refractivity contribution in [2.24, 2.45) is 5.41 Å². The van der Waals surface area contributed by atoms with Crippen LogP contribution in [-0.4, -0.2) is 67.9 Å². The van der Waals surface area contributed by atoms with Crippen molar-refractivity contribution in [3.05, 3.63) is 59.7 Å². The van der Waals surface area contributed by atoms with Gasteiger partial charge in [0.2, 0.25) is 11.6 Å². The molecule has 0 unspecified atom stereocenters. The lowest BCUT2D eigenvalue weighted by Gasteiger charge is -2.33. The van der Waals surface area contributed by atoms with E-state index in [0.29, 0.717) is 16.9 Å². The fourth-order valence-corrected chi connectivity index (χ4v) is 4.09. The monoisotopic (exact) mass is 658 g/mol. The highest BCUT2D eigenvalue weighted by Gasteiger charge is 2.43. The zero-order valence-electron chi connectivity index (χ0n) is 23.7. The second-order valence-corrected chi connectivity index (χ2v) is 10.5. The minimum absolute atomic E-state index is 0.0277. The van der Waals surface area contributed by atoms with Crippen LogP contribution in [0.2, 0.25) is 0 Å². The molecule has 246 valence electrons. The first-order chi connectivity index (χ1) is 21.4. The Morgan fingerprint density at radius 2 is 1.59 bits per heavy atom. The van der Waals surface area contributed by atoms with E-state index >= 15 is 0 Å². The first-order valence-corrected chi connectivity index (χ1v) is 13.1. The fourth-order valence-electron chi connectivity index (χ4n) is 4.09. The summed E-state index contributed by atoms with van der Waals surface area (Å²) in [7, 11) is 0. The molecule has 2 aromatic carbocycles. The Morgan fingerprint density at radius 3 is 2.17 bits per heavy atom. The number of nitrogens with one attached hydrogen (secondary N) is 1. The quantitative estimate of drug-likeness (QED) is 0.191. The summed E-state index contributed by atoms with van der Waals surface area (Å²) in [6.07, 6.45) is -10.9. The smallest absolute Gasteiger partial charge is 0.490 e. The lowest BCUT2D eigenvalue weighted by molar-refractivity contribution is -0.192. The number of alkyl halides is 6. The second-order valence-electron chi connectivity index (χ2n) is 10.5. The van der Waals surface area contributed by atoms with Crippen LogP contribution in [0.15, 0.2) is 57.6 Å². The predicted molar refractivity (Wildman–Crippen MR) is 143 cm³/mol. The largest absolute Gasteiger partial charge is 0.491 e. The van der Waals surface area contributed by atoms with Crippen molar-refractivity contribution in [2.75, 3.05) is 13.2 Å². The van der Waals surface area contributed by atoms with Crippen molar-refractivity contribution >= 4 is 11.9 Å². The molecule has 5 rings (SSSR count). The average Bonchev–Trinajstić information content (AvgIpc) is 3.65. The summed E-state index contributed by atoms with van der Waals surface area (Å²) in [5.41, 5.74) is -1.55. The maximum Gasteiger partial charge on any atom is 0.490 e. The van der Waals surface area contributed by atoms with Gasteiger partial charge in [0.05, 0.1) is 11.5 Å². The van der Waals surface area contributed by atoms with Gasteiger partial charge in [0.25, 0.3) is 5.89 Å². The number of carboxylic acid groups (broad SMARTS) is 2. The van der Waals surface area contributed by atoms with Gasteiger partial charge in [-0.1, -0.05) is 52.8 Å². The molecule has 3 heterocycles. The summed E-state index contributed by atoms with van der Waals surface area (Å²) < 4.78 is 89.6. The number of aliphatic hydroxyl groups excluding tert-OH is 1. The lowest BCUT2D eigenvalue weighted by atomic mass is 9.92. The summed E-state index contributed by atoms with van der Waals surface area (Å²) in [5, 5.41) is 37.7. The molecule has 0 saturated heterocycles. The van der Waals surface area contributed by atoms with E-state index in [2.05, 4.69) is 20.6 Å². The van der Waals surface area contributed by atoms with Crippen LogP contribution in [0.5, 0.6) is 5.75 Å². The Hall–Kier alpha value is -4.97. The number of carboxylic acids is 2. The van der Waals surface area contributed by atoms with E-state index in [1.807, 2.05) is 0 Å². The minimum atomic E-state index is -5.08. The van der Waals surface area contributed by atoms with Gasteiger partial charge in [-0.3, -0.25) is 4.79 Å². The number of aliphatic carboxylic acids is 2. The van der Waals surface area contributed by atoms with Crippen molar-refractivity contribution in [1.29, 1.82) is 0 Å². The Kier molecular flexibility index (Phi) is 9.43. The van der Waals surface area contributed by atoms with Crippen molar-refractivity contribution in [2.45, 2.75) is 38.3 Å². The highest BCUT2D eigenvalue weighted by atomic mass is 19.4. The van der Waals surface area contributed by atoms with Crippen LogP contribution in [0.4, 0.5) is 26.3 Å². The van der Waals surface area contributed by atoms with E-state index in [1.165, 1.54) is 18.2 Å². The zero-order chi connectivity index (χ0) is 34.0. The van der Waals surface area contributed by atoms with Gasteiger partial charge in [0, 0.05) is 23.2 Å². The molecular weight excluding hydrogens is 634 g/mol. The summed E-state index contributed by atoms with van der Waals surface area (Å²) in [6, 6.07) is 11.9. The molecule has 0 fully saturated rings. The molecule has 2 aromatic heterocycles. The molecule has 4 N–H and O–H groups in total. The SMILES string of the molecule is CC(C)(CN[C@H]1COc2cc(-c3noc(-c4onc(-c5ccccc5)c4C(F)(F)F)n3)ccc2[C@H]1O)C(=O)O.O=C(O)C(F)(F)F. The van der Waals surface area contributed by atoms with Crippen molar-refractivity contribution in [3.8, 4) is 40.0 Å². The molecule has 46 heavy (non-hydrogen) atoms. The Morgan fingerprint density at radius 1 is 0.935 bits per heavy atom. The molecule has 0 bridgehead atoms. The van der Waals surface area contributed by atoms with E-state index in [1.54, 1.807) is 44.2 Å². The van der Waals surface area contributed by atoms with Crippen LogP contribution in [-0.2, 0) is 15.8 Å². The molecule has 0 amide bonds. The van der Waals surface area contributed by atoms with Crippen LogP contribution in [0.3, 0.4) is 0 Å². The normalized spacial score (nSPS) is 16.5. The van der Waals surface area contributed by atoms with Crippen molar-refractivity contribution < 1.29 is 65.0 Å². The number of rotatable bonds is 7. The number of fused-ring (bicyclic) bond motifs is 1. The van der Waals surface area contributed by atoms with Gasteiger partial charge in [0.15, 0.2) is 0 Å². The van der Waals surface area contributed by atoms with Crippen molar-refractivity contribution in [1.82, 2.24) is 20.6 Å². The lowest BCUT2D eigenvalue weighted by Crippen LogP contribution is -2.47. The minimum Gasteiger partial charge on any atom is -0.491 e. The number of carbonyl (C=O) groups is 2. The standard InChI is InChI=1S/C26H23F3N4O6.C2HF3O2/c1-25(2,24(35)36)12-30-16-11-37-17-10-14(8-9-15(17)20(16)34)22-31-23(39-33-22)21-18(26(27,28)29)19(32-38-21)13-6-4-3-5-7-13;3-2(4,5)1(6)7/h3-10,16,20,30,34H,11-12H2,1-2H3,(H,35,36);(H,6,7)/t16-,20+;/m0./s1. The molecule has 18 heteroatoms. The van der Waals surface area contributed by atoms with Gasteiger partial charge in [-0.25, -0.2) is 4.79 Å². The zero-order valence-corrected chi connectivity index (χ0v) is 23.7. The first-order valence-electron chi connectivity index (χ1n) is 13.1. The summed E-state index contributed by atoms with van der Waals surface area (Å²) >= 11 is 0. The summed E-state index contributed by atoms with van der Waals surface area (Å²) in [6.45, 7) is 3.30. The Bertz CT molecular complexity index is 1700. The summed E-state index contributed by atoms with van der Waals surface area (Å²) in [4.78, 5) is 24.3. The van der Waals surface area contributed by atoms with Crippen LogP contribution < -0.4 is 10.1 Å². The van der Waals surface area contributed by atoms with Gasteiger partial charge in [-0.05, 0) is 19.9 Å². The molecular formula is C28H24F6N4O8. The number of benzene rings is 2. The van der Waals surface area contributed by atoms with E-state index in [0.717, 1.165) is 0 Å². The number of hydrogen-bond acceptors (Lipinski definition) is 10. The number of aliphatic hydroxyl groups is 1. The van der Waals surface area contributed by atoms with Crippen molar-refractivity contribution in [3.63, 3.8) is 0 Å². The summed E-state index contributed by atoms with van der Waals surface area (Å²) in [5.74, 6) is -4.65. The molecule has 2 atom stereocenters. The molecule has 0 radical (unpaired) electrons. The molecule has 1 aliphatic heterocycles. The molecule has 12 nitrogen and oxygen atoms in total. The Balaban J connectivity index is 0.000000617. The predicted octanol–water partition coefficient (Wildman–Crippen LogP) is 5.21. The van der Waals surface area contributed by atoms with Crippen LogP contribution in [0.25, 0.3) is 34.3 Å². The number of ether oxygens (including phenoxy) is 1. The fraction of sp³-hybridized carbons (Fsp3) is 0.321. The molecule has 0 saturated carbocycles. The highest BCUT2D eigenvalue weighted by molar-refractivity contribution is 5.74. The number of hydrogen-bond donors (Lipinski definition) is 4. The third-order valence-electron chi connectivity index (χ3n) is 6.66. The third-order valence-corrected chi connectivity index (χ3v) is 6.66.